The van der Waals surface area contributed by atoms with Crippen LogP contribution in [0.5, 0.6) is 0 Å². The first-order valence-corrected chi connectivity index (χ1v) is 6.38. The fraction of sp³-hybridized carbons (Fsp3) is 0.417. The third kappa shape index (κ3) is 3.18. The van der Waals surface area contributed by atoms with Crippen LogP contribution in [0.1, 0.15) is 31.1 Å². The number of hydrogen-bond donors (Lipinski definition) is 0. The van der Waals surface area contributed by atoms with E-state index in [1.807, 2.05) is 13.0 Å². The Kier molecular flexibility index (Phi) is 4.59. The van der Waals surface area contributed by atoms with Crippen LogP contribution in [0.3, 0.4) is 0 Å². The predicted octanol–water partition coefficient (Wildman–Crippen LogP) is 4.42. The van der Waals surface area contributed by atoms with Gasteiger partial charge in [0.25, 0.3) is 0 Å². The van der Waals surface area contributed by atoms with E-state index in [0.717, 1.165) is 9.13 Å². The molecule has 0 radical (unpaired) electrons. The Morgan fingerprint density at radius 2 is 1.93 bits per heavy atom. The Balaban J connectivity index is 3.05. The summed E-state index contributed by atoms with van der Waals surface area (Å²) in [6.45, 7) is 6.07. The molecular formula is C12H14ClIO. The van der Waals surface area contributed by atoms with E-state index in [-0.39, 0.29) is 11.7 Å². The van der Waals surface area contributed by atoms with Crippen LogP contribution < -0.4 is 0 Å². The summed E-state index contributed by atoms with van der Waals surface area (Å²) in [5, 5.41) is 0.620. The Morgan fingerprint density at radius 1 is 1.33 bits per heavy atom. The van der Waals surface area contributed by atoms with Gasteiger partial charge in [0, 0.05) is 20.1 Å². The highest BCUT2D eigenvalue weighted by molar-refractivity contribution is 14.1. The van der Waals surface area contributed by atoms with Gasteiger partial charge in [0.1, 0.15) is 0 Å². The van der Waals surface area contributed by atoms with Gasteiger partial charge in [-0.15, -0.1) is 0 Å². The minimum absolute atomic E-state index is 0.0389. The normalized spacial score (nSPS) is 12.9. The van der Waals surface area contributed by atoms with Crippen LogP contribution >= 0.6 is 34.2 Å². The molecule has 3 heteroatoms. The van der Waals surface area contributed by atoms with E-state index in [4.69, 9.17) is 11.6 Å². The van der Waals surface area contributed by atoms with E-state index in [9.17, 15) is 4.79 Å². The number of ketones is 1. The van der Waals surface area contributed by atoms with E-state index in [0.29, 0.717) is 10.9 Å². The minimum Gasteiger partial charge on any atom is -0.294 e. The molecule has 1 aromatic rings. The molecule has 82 valence electrons. The van der Waals surface area contributed by atoms with Gasteiger partial charge in [0.2, 0.25) is 0 Å². The van der Waals surface area contributed by atoms with Crippen molar-refractivity contribution >= 4 is 40.0 Å². The molecule has 0 aliphatic rings. The van der Waals surface area contributed by atoms with Gasteiger partial charge in [0.05, 0.1) is 0 Å². The van der Waals surface area contributed by atoms with Crippen LogP contribution in [-0.4, -0.2) is 5.78 Å². The lowest BCUT2D eigenvalue weighted by molar-refractivity contribution is 0.0899. The minimum atomic E-state index is 0.0389. The van der Waals surface area contributed by atoms with Crippen molar-refractivity contribution < 1.29 is 4.79 Å². The zero-order valence-electron chi connectivity index (χ0n) is 9.05. The Labute approximate surface area is 109 Å². The van der Waals surface area contributed by atoms with Gasteiger partial charge < -0.3 is 0 Å². The summed E-state index contributed by atoms with van der Waals surface area (Å²) < 4.78 is 0.967. The fourth-order valence-electron chi connectivity index (χ4n) is 1.23. The molecule has 0 saturated carbocycles. The summed E-state index contributed by atoms with van der Waals surface area (Å²) in [6, 6.07) is 5.44. The summed E-state index contributed by atoms with van der Waals surface area (Å²) in [7, 11) is 0. The van der Waals surface area contributed by atoms with Crippen molar-refractivity contribution in [2.45, 2.75) is 20.8 Å². The van der Waals surface area contributed by atoms with Crippen molar-refractivity contribution in [2.75, 3.05) is 0 Å². The van der Waals surface area contributed by atoms with Crippen molar-refractivity contribution in [1.29, 1.82) is 0 Å². The number of carbonyl (C=O) groups is 1. The second-order valence-electron chi connectivity index (χ2n) is 4.02. The van der Waals surface area contributed by atoms with Crippen molar-refractivity contribution in [3.63, 3.8) is 0 Å². The molecule has 1 unspecified atom stereocenters. The molecule has 0 aromatic heterocycles. The fourth-order valence-corrected chi connectivity index (χ4v) is 2.01. The van der Waals surface area contributed by atoms with Gasteiger partial charge in [-0.3, -0.25) is 4.79 Å². The monoisotopic (exact) mass is 336 g/mol. The average molecular weight is 337 g/mol. The Hall–Kier alpha value is -0.0900. The van der Waals surface area contributed by atoms with Crippen molar-refractivity contribution in [3.8, 4) is 0 Å². The first-order chi connectivity index (χ1) is 6.93. The molecular weight excluding hydrogens is 322 g/mol. The summed E-state index contributed by atoms with van der Waals surface area (Å²) >= 11 is 8.06. The smallest absolute Gasteiger partial charge is 0.167 e. The highest BCUT2D eigenvalue weighted by Gasteiger charge is 2.20. The van der Waals surface area contributed by atoms with Crippen LogP contribution in [-0.2, 0) is 0 Å². The van der Waals surface area contributed by atoms with Gasteiger partial charge in [-0.05, 0) is 46.7 Å². The van der Waals surface area contributed by atoms with Crippen LogP contribution in [0, 0.1) is 15.4 Å². The zero-order chi connectivity index (χ0) is 11.6. The topological polar surface area (TPSA) is 17.1 Å². The van der Waals surface area contributed by atoms with Crippen LogP contribution in [0.15, 0.2) is 18.2 Å². The van der Waals surface area contributed by atoms with E-state index >= 15 is 0 Å². The van der Waals surface area contributed by atoms with E-state index < -0.39 is 0 Å². The number of halogens is 2. The first-order valence-electron chi connectivity index (χ1n) is 4.92. The molecule has 0 bridgehead atoms. The lowest BCUT2D eigenvalue weighted by Crippen LogP contribution is -2.18. The number of hydrogen-bond acceptors (Lipinski definition) is 1. The molecule has 1 aromatic carbocycles. The average Bonchev–Trinajstić information content (AvgIpc) is 2.19. The predicted molar refractivity (Wildman–Crippen MR) is 72.5 cm³/mol. The summed E-state index contributed by atoms with van der Waals surface area (Å²) in [5.41, 5.74) is 0.740. The second kappa shape index (κ2) is 5.30. The molecule has 0 aliphatic heterocycles. The number of benzene rings is 1. The van der Waals surface area contributed by atoms with Crippen LogP contribution in [0.25, 0.3) is 0 Å². The van der Waals surface area contributed by atoms with E-state index in [1.165, 1.54) is 0 Å². The van der Waals surface area contributed by atoms with Crippen molar-refractivity contribution in [3.05, 3.63) is 32.4 Å². The summed E-state index contributed by atoms with van der Waals surface area (Å²) in [5.74, 6) is 0.571. The molecule has 0 saturated heterocycles. The molecule has 1 rings (SSSR count). The molecule has 0 spiro atoms. The van der Waals surface area contributed by atoms with E-state index in [1.54, 1.807) is 12.1 Å². The van der Waals surface area contributed by atoms with Crippen molar-refractivity contribution in [2.24, 2.45) is 11.8 Å². The number of rotatable bonds is 3. The zero-order valence-corrected chi connectivity index (χ0v) is 12.0. The highest BCUT2D eigenvalue weighted by Crippen LogP contribution is 2.23. The molecule has 1 atom stereocenters. The van der Waals surface area contributed by atoms with Crippen LogP contribution in [0.4, 0.5) is 0 Å². The van der Waals surface area contributed by atoms with Gasteiger partial charge in [0.15, 0.2) is 5.78 Å². The molecule has 0 aliphatic carbocycles. The lowest BCUT2D eigenvalue weighted by atomic mass is 9.90. The first kappa shape index (κ1) is 13.0. The number of carbonyl (C=O) groups excluding carboxylic acids is 1. The van der Waals surface area contributed by atoms with Gasteiger partial charge >= 0.3 is 0 Å². The SMILES string of the molecule is CC(C)C(C)C(=O)c1cc(Cl)ccc1I. The molecule has 1 nitrogen and oxygen atoms in total. The third-order valence-electron chi connectivity index (χ3n) is 2.61. The maximum Gasteiger partial charge on any atom is 0.167 e. The Morgan fingerprint density at radius 3 is 2.47 bits per heavy atom. The molecule has 0 N–H and O–H groups in total. The third-order valence-corrected chi connectivity index (χ3v) is 3.78. The quantitative estimate of drug-likeness (QED) is 0.590. The second-order valence-corrected chi connectivity index (χ2v) is 5.62. The Bertz CT molecular complexity index is 374. The van der Waals surface area contributed by atoms with Crippen LogP contribution in [0.2, 0.25) is 5.02 Å². The number of Topliss-reactive ketones (excluding diaryl/α,β-unsaturated/α-hetero) is 1. The molecule has 0 fully saturated rings. The van der Waals surface area contributed by atoms with E-state index in [2.05, 4.69) is 36.4 Å². The molecule has 0 amide bonds. The molecule has 0 heterocycles. The van der Waals surface area contributed by atoms with Crippen molar-refractivity contribution in [1.82, 2.24) is 0 Å². The maximum atomic E-state index is 12.1. The van der Waals surface area contributed by atoms with Gasteiger partial charge in [-0.2, -0.15) is 0 Å². The standard InChI is InChI=1S/C12H14ClIO/c1-7(2)8(3)12(15)10-6-9(13)4-5-11(10)14/h4-8H,1-3H3. The maximum absolute atomic E-state index is 12.1. The van der Waals surface area contributed by atoms with Gasteiger partial charge in [-0.1, -0.05) is 32.4 Å². The molecule has 15 heavy (non-hydrogen) atoms. The summed E-state index contributed by atoms with van der Waals surface area (Å²) in [6.07, 6.45) is 0. The lowest BCUT2D eigenvalue weighted by Gasteiger charge is -2.15. The highest BCUT2D eigenvalue weighted by atomic mass is 127. The largest absolute Gasteiger partial charge is 0.294 e. The summed E-state index contributed by atoms with van der Waals surface area (Å²) in [4.78, 5) is 12.1. The van der Waals surface area contributed by atoms with Gasteiger partial charge in [-0.25, -0.2) is 0 Å².